The first-order chi connectivity index (χ1) is 9.11. The van der Waals surface area contributed by atoms with Crippen LogP contribution in [0.2, 0.25) is 0 Å². The second-order valence-corrected chi connectivity index (χ2v) is 4.33. The van der Waals surface area contributed by atoms with E-state index >= 15 is 0 Å². The Bertz CT molecular complexity index is 545. The van der Waals surface area contributed by atoms with Crippen molar-refractivity contribution >= 4 is 35.1 Å². The number of carbonyl (C=O) groups is 1. The molecule has 0 atom stereocenters. The molecule has 0 spiro atoms. The Morgan fingerprint density at radius 2 is 2.47 bits per heavy atom. The molecule has 2 rings (SSSR count). The van der Waals surface area contributed by atoms with Gasteiger partial charge in [0, 0.05) is 6.54 Å². The number of ether oxygens (including phenoxy) is 1. The Hall–Kier alpha value is -2.15. The maximum Gasteiger partial charge on any atom is 0.265 e. The molecule has 1 aromatic carbocycles. The lowest BCUT2D eigenvalue weighted by Crippen LogP contribution is -2.38. The number of nitrogens with zero attached hydrogens (tertiary/aromatic N) is 2. The third-order valence-corrected chi connectivity index (χ3v) is 2.72. The zero-order valence-corrected chi connectivity index (χ0v) is 11.2. The van der Waals surface area contributed by atoms with Gasteiger partial charge in [-0.05, 0) is 42.9 Å². The molecule has 1 heterocycles. The summed E-state index contributed by atoms with van der Waals surface area (Å²) in [4.78, 5) is 13.4. The molecule has 0 aliphatic carbocycles. The summed E-state index contributed by atoms with van der Waals surface area (Å²) in [6, 6.07) is 5.49. The van der Waals surface area contributed by atoms with E-state index in [-0.39, 0.29) is 17.6 Å². The Labute approximate surface area is 116 Å². The minimum atomic E-state index is -0.0506. The lowest BCUT2D eigenvalue weighted by Gasteiger charge is -2.28. The fourth-order valence-electron chi connectivity index (χ4n) is 1.82. The maximum atomic E-state index is 11.7. The van der Waals surface area contributed by atoms with Crippen LogP contribution >= 0.6 is 12.2 Å². The van der Waals surface area contributed by atoms with Crippen LogP contribution in [0.5, 0.6) is 5.75 Å². The molecule has 1 aromatic rings. The first kappa shape index (κ1) is 13.3. The highest BCUT2D eigenvalue weighted by atomic mass is 32.1. The van der Waals surface area contributed by atoms with E-state index in [4.69, 9.17) is 10.5 Å². The summed E-state index contributed by atoms with van der Waals surface area (Å²) in [5.74, 6) is 0.645. The SMILES string of the molecule is CCN1C(=O)COc2ccc(C=NNC(N)=S)cc21. The van der Waals surface area contributed by atoms with Crippen LogP contribution in [-0.4, -0.2) is 30.4 Å². The third-order valence-electron chi connectivity index (χ3n) is 2.63. The van der Waals surface area contributed by atoms with Gasteiger partial charge in [-0.2, -0.15) is 5.10 Å². The van der Waals surface area contributed by atoms with Gasteiger partial charge in [-0.3, -0.25) is 10.2 Å². The van der Waals surface area contributed by atoms with Crippen molar-refractivity contribution < 1.29 is 9.53 Å². The summed E-state index contributed by atoms with van der Waals surface area (Å²) in [5.41, 5.74) is 9.30. The molecule has 1 aliphatic rings. The van der Waals surface area contributed by atoms with E-state index in [1.54, 1.807) is 11.1 Å². The molecule has 100 valence electrons. The number of hydrogen-bond donors (Lipinski definition) is 2. The Morgan fingerprint density at radius 1 is 1.68 bits per heavy atom. The molecule has 0 aromatic heterocycles. The third kappa shape index (κ3) is 3.00. The molecule has 0 saturated carbocycles. The van der Waals surface area contributed by atoms with Crippen molar-refractivity contribution in [3.63, 3.8) is 0 Å². The number of fused-ring (bicyclic) bond motifs is 1. The molecular weight excluding hydrogens is 264 g/mol. The molecule has 0 bridgehead atoms. The lowest BCUT2D eigenvalue weighted by molar-refractivity contribution is -0.121. The number of nitrogens with one attached hydrogen (secondary N) is 1. The molecule has 19 heavy (non-hydrogen) atoms. The van der Waals surface area contributed by atoms with Gasteiger partial charge in [-0.1, -0.05) is 0 Å². The van der Waals surface area contributed by atoms with Crippen LogP contribution in [0.1, 0.15) is 12.5 Å². The first-order valence-corrected chi connectivity index (χ1v) is 6.18. The largest absolute Gasteiger partial charge is 0.482 e. The van der Waals surface area contributed by atoms with Crippen LogP contribution in [0.3, 0.4) is 0 Å². The standard InChI is InChI=1S/C12H14N4O2S/c1-2-16-9-5-8(6-14-15-12(13)19)3-4-10(9)18-7-11(16)17/h3-6H,2,7H2,1H3,(H3,13,15,19). The highest BCUT2D eigenvalue weighted by molar-refractivity contribution is 7.80. The van der Waals surface area contributed by atoms with Gasteiger partial charge in [-0.15, -0.1) is 0 Å². The van der Waals surface area contributed by atoms with Crippen LogP contribution in [0.15, 0.2) is 23.3 Å². The predicted octanol–water partition coefficient (Wildman–Crippen LogP) is 0.599. The Balaban J connectivity index is 2.26. The van der Waals surface area contributed by atoms with E-state index in [0.717, 1.165) is 11.3 Å². The lowest BCUT2D eigenvalue weighted by atomic mass is 10.1. The average molecular weight is 278 g/mol. The van der Waals surface area contributed by atoms with Crippen molar-refractivity contribution in [2.45, 2.75) is 6.92 Å². The number of amides is 1. The number of rotatable bonds is 3. The van der Waals surface area contributed by atoms with Crippen molar-refractivity contribution in [2.24, 2.45) is 10.8 Å². The second kappa shape index (κ2) is 5.66. The topological polar surface area (TPSA) is 80.0 Å². The van der Waals surface area contributed by atoms with E-state index in [1.807, 2.05) is 25.1 Å². The summed E-state index contributed by atoms with van der Waals surface area (Å²) >= 11 is 4.64. The van der Waals surface area contributed by atoms with Gasteiger partial charge in [0.25, 0.3) is 5.91 Å². The summed E-state index contributed by atoms with van der Waals surface area (Å²) in [5, 5.41) is 3.97. The molecule has 3 N–H and O–H groups in total. The van der Waals surface area contributed by atoms with E-state index in [1.165, 1.54) is 0 Å². The highest BCUT2D eigenvalue weighted by Gasteiger charge is 2.23. The van der Waals surface area contributed by atoms with E-state index < -0.39 is 0 Å². The van der Waals surface area contributed by atoms with Gasteiger partial charge in [0.05, 0.1) is 11.9 Å². The summed E-state index contributed by atoms with van der Waals surface area (Å²) < 4.78 is 5.37. The fraction of sp³-hybridized carbons (Fsp3) is 0.250. The molecule has 7 heteroatoms. The highest BCUT2D eigenvalue weighted by Crippen LogP contribution is 2.32. The van der Waals surface area contributed by atoms with Crippen LogP contribution in [0, 0.1) is 0 Å². The number of thiocarbonyl (C=S) groups is 1. The van der Waals surface area contributed by atoms with E-state index in [9.17, 15) is 4.79 Å². The number of likely N-dealkylation sites (N-methyl/N-ethyl adjacent to an activating group) is 1. The van der Waals surface area contributed by atoms with Crippen molar-refractivity contribution in [2.75, 3.05) is 18.1 Å². The second-order valence-electron chi connectivity index (χ2n) is 3.89. The smallest absolute Gasteiger partial charge is 0.265 e. The van der Waals surface area contributed by atoms with Crippen LogP contribution in [0.25, 0.3) is 0 Å². The average Bonchev–Trinajstić information content (AvgIpc) is 2.38. The number of nitrogens with two attached hydrogens (primary N) is 1. The number of carbonyl (C=O) groups excluding carboxylic acids is 1. The normalized spacial score (nSPS) is 14.2. The molecule has 6 nitrogen and oxygen atoms in total. The van der Waals surface area contributed by atoms with Gasteiger partial charge in [0.1, 0.15) is 5.75 Å². The van der Waals surface area contributed by atoms with Crippen molar-refractivity contribution in [3.05, 3.63) is 23.8 Å². The minimum absolute atomic E-state index is 0.0506. The fourth-order valence-corrected chi connectivity index (χ4v) is 1.87. The van der Waals surface area contributed by atoms with Crippen molar-refractivity contribution in [1.82, 2.24) is 5.43 Å². The van der Waals surface area contributed by atoms with Crippen molar-refractivity contribution in [3.8, 4) is 5.75 Å². The van der Waals surface area contributed by atoms with Crippen LogP contribution < -0.4 is 20.8 Å². The number of anilines is 1. The maximum absolute atomic E-state index is 11.7. The van der Waals surface area contributed by atoms with E-state index in [0.29, 0.717) is 12.3 Å². The zero-order valence-electron chi connectivity index (χ0n) is 10.4. The minimum Gasteiger partial charge on any atom is -0.482 e. The molecule has 0 radical (unpaired) electrons. The molecule has 0 fully saturated rings. The number of benzene rings is 1. The number of hydrogen-bond acceptors (Lipinski definition) is 4. The van der Waals surface area contributed by atoms with E-state index in [2.05, 4.69) is 22.7 Å². The zero-order chi connectivity index (χ0) is 13.8. The first-order valence-electron chi connectivity index (χ1n) is 5.77. The number of hydrazone groups is 1. The van der Waals surface area contributed by atoms with Gasteiger partial charge < -0.3 is 15.4 Å². The Morgan fingerprint density at radius 3 is 3.16 bits per heavy atom. The van der Waals surface area contributed by atoms with Gasteiger partial charge in [-0.25, -0.2) is 0 Å². The van der Waals surface area contributed by atoms with Crippen molar-refractivity contribution in [1.29, 1.82) is 0 Å². The van der Waals surface area contributed by atoms with Crippen LogP contribution in [-0.2, 0) is 4.79 Å². The Kier molecular flexibility index (Phi) is 3.96. The molecule has 1 aliphatic heterocycles. The quantitative estimate of drug-likeness (QED) is 0.481. The summed E-state index contributed by atoms with van der Waals surface area (Å²) in [6.45, 7) is 2.60. The molecule has 1 amide bonds. The molecular formula is C12H14N4O2S. The predicted molar refractivity (Wildman–Crippen MR) is 77.5 cm³/mol. The molecule has 0 saturated heterocycles. The summed E-state index contributed by atoms with van der Waals surface area (Å²) in [6.07, 6.45) is 1.58. The van der Waals surface area contributed by atoms with Gasteiger partial charge in [0.2, 0.25) is 0 Å². The molecule has 0 unspecified atom stereocenters. The summed E-state index contributed by atoms with van der Waals surface area (Å²) in [7, 11) is 0. The van der Waals surface area contributed by atoms with Crippen LogP contribution in [0.4, 0.5) is 5.69 Å². The monoisotopic (exact) mass is 278 g/mol. The van der Waals surface area contributed by atoms with Gasteiger partial charge >= 0.3 is 0 Å². The van der Waals surface area contributed by atoms with Gasteiger partial charge in [0.15, 0.2) is 11.7 Å².